The van der Waals surface area contributed by atoms with Gasteiger partial charge in [0.05, 0.1) is 11.0 Å². The molecule has 0 amide bonds. The first-order valence-electron chi connectivity index (χ1n) is 5.15. The molecule has 0 aliphatic heterocycles. The van der Waals surface area contributed by atoms with Crippen LogP contribution in [-0.2, 0) is 6.54 Å². The predicted octanol–water partition coefficient (Wildman–Crippen LogP) is 2.20. The van der Waals surface area contributed by atoms with Crippen molar-refractivity contribution in [3.8, 4) is 5.69 Å². The Morgan fingerprint density at radius 3 is 2.94 bits per heavy atom. The largest absolute Gasteiger partial charge is 0.313 e. The normalized spacial score (nSPS) is 10.8. The van der Waals surface area contributed by atoms with Crippen molar-refractivity contribution in [1.29, 1.82) is 0 Å². The van der Waals surface area contributed by atoms with Crippen molar-refractivity contribution in [2.24, 2.45) is 0 Å². The molecule has 2 aromatic rings. The van der Waals surface area contributed by atoms with Crippen LogP contribution in [0.25, 0.3) is 5.69 Å². The standard InChI is InChI=1S/C11H12BrFN4/c1-7-15-10(6-14-2)17(16-7)9-5-3-4-8(12)11(9)13/h3-5,14H,6H2,1-2H3. The number of nitrogens with zero attached hydrogens (tertiary/aromatic N) is 3. The summed E-state index contributed by atoms with van der Waals surface area (Å²) in [5.74, 6) is 0.964. The third kappa shape index (κ3) is 2.37. The molecule has 0 radical (unpaired) electrons. The van der Waals surface area contributed by atoms with E-state index in [-0.39, 0.29) is 5.82 Å². The van der Waals surface area contributed by atoms with E-state index in [1.165, 1.54) is 4.68 Å². The zero-order valence-electron chi connectivity index (χ0n) is 9.54. The van der Waals surface area contributed by atoms with Gasteiger partial charge in [-0.1, -0.05) is 6.07 Å². The highest BCUT2D eigenvalue weighted by molar-refractivity contribution is 9.10. The van der Waals surface area contributed by atoms with Gasteiger partial charge in [0.1, 0.15) is 17.3 Å². The van der Waals surface area contributed by atoms with Crippen LogP contribution in [0.15, 0.2) is 22.7 Å². The van der Waals surface area contributed by atoms with Crippen LogP contribution >= 0.6 is 15.9 Å². The average molecular weight is 299 g/mol. The number of hydrogen-bond acceptors (Lipinski definition) is 3. The topological polar surface area (TPSA) is 42.7 Å². The number of aryl methyl sites for hydroxylation is 1. The molecule has 0 unspecified atom stereocenters. The molecular weight excluding hydrogens is 287 g/mol. The fourth-order valence-corrected chi connectivity index (χ4v) is 1.94. The van der Waals surface area contributed by atoms with E-state index in [2.05, 4.69) is 31.3 Å². The minimum Gasteiger partial charge on any atom is -0.313 e. The van der Waals surface area contributed by atoms with E-state index in [4.69, 9.17) is 0 Å². The van der Waals surface area contributed by atoms with Crippen LogP contribution in [0.5, 0.6) is 0 Å². The molecule has 1 aromatic heterocycles. The van der Waals surface area contributed by atoms with Gasteiger partial charge < -0.3 is 5.32 Å². The van der Waals surface area contributed by atoms with Gasteiger partial charge in [0.2, 0.25) is 0 Å². The molecule has 1 N–H and O–H groups in total. The van der Waals surface area contributed by atoms with Gasteiger partial charge >= 0.3 is 0 Å². The Hall–Kier alpha value is -1.27. The lowest BCUT2D eigenvalue weighted by Gasteiger charge is -2.07. The summed E-state index contributed by atoms with van der Waals surface area (Å²) in [6, 6.07) is 5.09. The molecule has 0 fully saturated rings. The number of benzene rings is 1. The van der Waals surface area contributed by atoms with Crippen molar-refractivity contribution in [3.05, 3.63) is 40.1 Å². The van der Waals surface area contributed by atoms with E-state index in [9.17, 15) is 4.39 Å². The monoisotopic (exact) mass is 298 g/mol. The first kappa shape index (κ1) is 12.2. The van der Waals surface area contributed by atoms with Crippen LogP contribution < -0.4 is 5.32 Å². The summed E-state index contributed by atoms with van der Waals surface area (Å²) in [6.45, 7) is 2.32. The number of hydrogen-bond donors (Lipinski definition) is 1. The van der Waals surface area contributed by atoms with E-state index in [0.29, 0.717) is 28.4 Å². The molecule has 0 saturated heterocycles. The summed E-state index contributed by atoms with van der Waals surface area (Å²) in [7, 11) is 1.81. The summed E-state index contributed by atoms with van der Waals surface area (Å²) in [6.07, 6.45) is 0. The molecule has 0 aliphatic rings. The van der Waals surface area contributed by atoms with Crippen molar-refractivity contribution in [3.63, 3.8) is 0 Å². The smallest absolute Gasteiger partial charge is 0.163 e. The molecule has 1 heterocycles. The quantitative estimate of drug-likeness (QED) is 0.945. The van der Waals surface area contributed by atoms with Gasteiger partial charge in [-0.05, 0) is 42.0 Å². The minimum atomic E-state index is -0.338. The molecule has 2 rings (SSSR count). The number of rotatable bonds is 3. The first-order chi connectivity index (χ1) is 8.13. The molecule has 0 atom stereocenters. The Morgan fingerprint density at radius 1 is 1.47 bits per heavy atom. The molecule has 90 valence electrons. The SMILES string of the molecule is CNCc1nc(C)nn1-c1cccc(Br)c1F. The van der Waals surface area contributed by atoms with E-state index in [1.54, 1.807) is 25.1 Å². The molecule has 0 bridgehead atoms. The number of nitrogens with one attached hydrogen (secondary N) is 1. The van der Waals surface area contributed by atoms with Crippen LogP contribution in [0.3, 0.4) is 0 Å². The first-order valence-corrected chi connectivity index (χ1v) is 5.94. The summed E-state index contributed by atoms with van der Waals surface area (Å²) in [4.78, 5) is 4.25. The van der Waals surface area contributed by atoms with Crippen molar-refractivity contribution >= 4 is 15.9 Å². The Morgan fingerprint density at radius 2 is 2.24 bits per heavy atom. The lowest BCUT2D eigenvalue weighted by atomic mass is 10.3. The van der Waals surface area contributed by atoms with E-state index in [0.717, 1.165) is 0 Å². The van der Waals surface area contributed by atoms with Crippen LogP contribution in [0, 0.1) is 12.7 Å². The van der Waals surface area contributed by atoms with Crippen molar-refractivity contribution in [2.75, 3.05) is 7.05 Å². The maximum absolute atomic E-state index is 14.0. The van der Waals surface area contributed by atoms with Gasteiger partial charge in [-0.25, -0.2) is 14.1 Å². The number of aromatic nitrogens is 3. The second-order valence-electron chi connectivity index (χ2n) is 3.59. The van der Waals surface area contributed by atoms with Gasteiger partial charge in [-0.3, -0.25) is 0 Å². The fraction of sp³-hybridized carbons (Fsp3) is 0.273. The summed E-state index contributed by atoms with van der Waals surface area (Å²) >= 11 is 3.16. The van der Waals surface area contributed by atoms with Crippen LogP contribution in [0.2, 0.25) is 0 Å². The van der Waals surface area contributed by atoms with Crippen molar-refractivity contribution < 1.29 is 4.39 Å². The zero-order valence-corrected chi connectivity index (χ0v) is 11.1. The second-order valence-corrected chi connectivity index (χ2v) is 4.44. The summed E-state index contributed by atoms with van der Waals surface area (Å²) in [5, 5.41) is 7.19. The van der Waals surface area contributed by atoms with Gasteiger partial charge in [-0.2, -0.15) is 5.10 Å². The molecule has 1 aromatic carbocycles. The third-order valence-corrected chi connectivity index (χ3v) is 2.89. The third-order valence-electron chi connectivity index (χ3n) is 2.27. The van der Waals surface area contributed by atoms with Gasteiger partial charge in [0.15, 0.2) is 5.82 Å². The second kappa shape index (κ2) is 4.93. The Bertz CT molecular complexity index is 538. The average Bonchev–Trinajstić information content (AvgIpc) is 2.64. The molecule has 17 heavy (non-hydrogen) atoms. The molecule has 4 nitrogen and oxygen atoms in total. The maximum atomic E-state index is 14.0. The Kier molecular flexibility index (Phi) is 3.54. The van der Waals surface area contributed by atoms with Crippen molar-refractivity contribution in [1.82, 2.24) is 20.1 Å². The Balaban J connectivity index is 2.55. The number of halogens is 2. The van der Waals surface area contributed by atoms with E-state index in [1.807, 2.05) is 7.05 Å². The zero-order chi connectivity index (χ0) is 12.4. The Labute approximate surface area is 107 Å². The van der Waals surface area contributed by atoms with Crippen LogP contribution in [0.1, 0.15) is 11.6 Å². The van der Waals surface area contributed by atoms with E-state index < -0.39 is 0 Å². The molecule has 0 spiro atoms. The van der Waals surface area contributed by atoms with Gasteiger partial charge in [-0.15, -0.1) is 0 Å². The highest BCUT2D eigenvalue weighted by Gasteiger charge is 2.13. The molecule has 6 heteroatoms. The van der Waals surface area contributed by atoms with Gasteiger partial charge in [0, 0.05) is 0 Å². The lowest BCUT2D eigenvalue weighted by Crippen LogP contribution is -2.13. The van der Waals surface area contributed by atoms with Gasteiger partial charge in [0.25, 0.3) is 0 Å². The molecule has 0 aliphatic carbocycles. The summed E-state index contributed by atoms with van der Waals surface area (Å²) < 4.78 is 15.9. The van der Waals surface area contributed by atoms with Crippen molar-refractivity contribution in [2.45, 2.75) is 13.5 Å². The molecule has 0 saturated carbocycles. The van der Waals surface area contributed by atoms with Crippen LogP contribution in [0.4, 0.5) is 4.39 Å². The highest BCUT2D eigenvalue weighted by Crippen LogP contribution is 2.22. The predicted molar refractivity (Wildman–Crippen MR) is 66.5 cm³/mol. The lowest BCUT2D eigenvalue weighted by molar-refractivity contribution is 0.595. The minimum absolute atomic E-state index is 0.338. The maximum Gasteiger partial charge on any atom is 0.163 e. The summed E-state index contributed by atoms with van der Waals surface area (Å²) in [5.41, 5.74) is 0.394. The fourth-order valence-electron chi connectivity index (χ4n) is 1.58. The van der Waals surface area contributed by atoms with E-state index >= 15 is 0 Å². The van der Waals surface area contributed by atoms with Crippen LogP contribution in [-0.4, -0.2) is 21.8 Å². The molecular formula is C11H12BrFN4. The highest BCUT2D eigenvalue weighted by atomic mass is 79.9.